The van der Waals surface area contributed by atoms with Crippen molar-refractivity contribution in [3.63, 3.8) is 0 Å². The summed E-state index contributed by atoms with van der Waals surface area (Å²) in [6, 6.07) is 5.36. The average Bonchev–Trinajstić information content (AvgIpc) is 3.00. The Kier molecular flexibility index (Phi) is 5.35. The van der Waals surface area contributed by atoms with E-state index in [0.717, 1.165) is 0 Å². The van der Waals surface area contributed by atoms with Gasteiger partial charge in [-0.05, 0) is 25.5 Å². The molecule has 118 valence electrons. The fraction of sp³-hybridized carbons (Fsp3) is 0.333. The molecule has 1 atom stereocenters. The summed E-state index contributed by atoms with van der Waals surface area (Å²) in [6.07, 6.45) is 1.39. The van der Waals surface area contributed by atoms with Crippen LogP contribution >= 0.6 is 11.3 Å². The number of pyridine rings is 1. The first-order valence-electron chi connectivity index (χ1n) is 6.77. The van der Waals surface area contributed by atoms with Gasteiger partial charge in [-0.15, -0.1) is 11.3 Å². The van der Waals surface area contributed by atoms with Crippen LogP contribution < -0.4 is 15.5 Å². The van der Waals surface area contributed by atoms with Crippen molar-refractivity contribution in [1.82, 2.24) is 15.2 Å². The third-order valence-electron chi connectivity index (χ3n) is 3.29. The Morgan fingerprint density at radius 2 is 2.27 bits per heavy atom. The van der Waals surface area contributed by atoms with Crippen LogP contribution in [0.4, 0.5) is 0 Å². The number of H-pyrrole nitrogens is 1. The lowest BCUT2D eigenvalue weighted by atomic mass is 10.2. The number of rotatable bonds is 6. The summed E-state index contributed by atoms with van der Waals surface area (Å²) >= 11 is 1.65. The van der Waals surface area contributed by atoms with E-state index in [9.17, 15) is 9.59 Å². The first-order valence-corrected chi connectivity index (χ1v) is 7.65. The molecule has 0 bridgehead atoms. The number of ether oxygens (including phenoxy) is 1. The lowest BCUT2D eigenvalue weighted by Crippen LogP contribution is -2.34. The number of amides is 1. The standard InChI is InChI=1S/C15H19N3O3S/c1-18(2)11(14-5-4-6-22-14)8-17-15(20)10-7-12(19)13(21-3)9-16-10/h4-7,9,11H,8H2,1-3H3,(H,16,19)(H,17,20). The number of likely N-dealkylation sites (N-methyl/N-ethyl adjacent to an activating group) is 1. The lowest BCUT2D eigenvalue weighted by molar-refractivity contribution is 0.0937. The minimum atomic E-state index is -0.325. The van der Waals surface area contributed by atoms with E-state index in [1.807, 2.05) is 36.5 Å². The highest BCUT2D eigenvalue weighted by molar-refractivity contribution is 7.10. The van der Waals surface area contributed by atoms with E-state index in [2.05, 4.69) is 10.3 Å². The van der Waals surface area contributed by atoms with Crippen molar-refractivity contribution in [2.75, 3.05) is 27.7 Å². The molecular formula is C15H19N3O3S. The molecule has 0 fully saturated rings. The van der Waals surface area contributed by atoms with Gasteiger partial charge < -0.3 is 19.9 Å². The quantitative estimate of drug-likeness (QED) is 0.845. The van der Waals surface area contributed by atoms with E-state index in [4.69, 9.17) is 4.74 Å². The summed E-state index contributed by atoms with van der Waals surface area (Å²) in [4.78, 5) is 29.8. The molecule has 1 amide bonds. The van der Waals surface area contributed by atoms with Gasteiger partial charge in [0.05, 0.1) is 13.2 Å². The van der Waals surface area contributed by atoms with Crippen LogP contribution in [0.15, 0.2) is 34.6 Å². The zero-order valence-corrected chi connectivity index (χ0v) is 13.6. The molecular weight excluding hydrogens is 302 g/mol. The first kappa shape index (κ1) is 16.3. The monoisotopic (exact) mass is 321 g/mol. The van der Waals surface area contributed by atoms with Crippen LogP contribution in [0.5, 0.6) is 5.75 Å². The third kappa shape index (κ3) is 3.75. The van der Waals surface area contributed by atoms with Crippen molar-refractivity contribution in [1.29, 1.82) is 0 Å². The fourth-order valence-corrected chi connectivity index (χ4v) is 2.97. The van der Waals surface area contributed by atoms with E-state index in [-0.39, 0.29) is 28.8 Å². The zero-order valence-electron chi connectivity index (χ0n) is 12.8. The van der Waals surface area contributed by atoms with Crippen molar-refractivity contribution in [3.8, 4) is 5.75 Å². The minimum absolute atomic E-state index is 0.0916. The predicted octanol–water partition coefficient (Wildman–Crippen LogP) is 1.48. The second-order valence-corrected chi connectivity index (χ2v) is 5.96. The molecule has 0 aromatic carbocycles. The third-order valence-corrected chi connectivity index (χ3v) is 4.27. The maximum atomic E-state index is 12.2. The molecule has 2 aromatic heterocycles. The van der Waals surface area contributed by atoms with Crippen molar-refractivity contribution in [2.24, 2.45) is 0 Å². The van der Waals surface area contributed by atoms with Crippen LogP contribution in [-0.4, -0.2) is 43.5 Å². The smallest absolute Gasteiger partial charge is 0.267 e. The van der Waals surface area contributed by atoms with Crippen molar-refractivity contribution in [3.05, 3.63) is 50.6 Å². The largest absolute Gasteiger partial charge is 0.491 e. The van der Waals surface area contributed by atoms with Crippen LogP contribution in [0.25, 0.3) is 0 Å². The van der Waals surface area contributed by atoms with Gasteiger partial charge >= 0.3 is 0 Å². The van der Waals surface area contributed by atoms with Gasteiger partial charge in [0, 0.05) is 23.7 Å². The van der Waals surface area contributed by atoms with E-state index < -0.39 is 0 Å². The Balaban J connectivity index is 2.05. The molecule has 6 nitrogen and oxygen atoms in total. The number of aromatic nitrogens is 1. The van der Waals surface area contributed by atoms with Crippen LogP contribution in [-0.2, 0) is 0 Å². The molecule has 2 heterocycles. The van der Waals surface area contributed by atoms with Crippen molar-refractivity contribution in [2.45, 2.75) is 6.04 Å². The Morgan fingerprint density at radius 1 is 1.50 bits per heavy atom. The van der Waals surface area contributed by atoms with Crippen LogP contribution in [0.2, 0.25) is 0 Å². The summed E-state index contributed by atoms with van der Waals surface area (Å²) in [6.45, 7) is 0.459. The highest BCUT2D eigenvalue weighted by Gasteiger charge is 2.17. The number of carbonyl (C=O) groups excluding carboxylic acids is 1. The van der Waals surface area contributed by atoms with Crippen LogP contribution in [0.1, 0.15) is 21.4 Å². The van der Waals surface area contributed by atoms with E-state index >= 15 is 0 Å². The SMILES string of the molecule is COc1c[nH]c(C(=O)NCC(c2cccs2)N(C)C)cc1=O. The second kappa shape index (κ2) is 7.24. The molecule has 0 spiro atoms. The fourth-order valence-electron chi connectivity index (χ4n) is 2.05. The molecule has 0 saturated heterocycles. The number of nitrogens with one attached hydrogen (secondary N) is 2. The lowest BCUT2D eigenvalue weighted by Gasteiger charge is -2.23. The summed E-state index contributed by atoms with van der Waals surface area (Å²) in [5.41, 5.74) is -0.108. The Hall–Kier alpha value is -2.12. The van der Waals surface area contributed by atoms with E-state index in [1.54, 1.807) is 11.3 Å². The van der Waals surface area contributed by atoms with Gasteiger partial charge in [0.1, 0.15) is 5.69 Å². The number of aromatic amines is 1. The Bertz CT molecular complexity index is 680. The molecule has 2 rings (SSSR count). The van der Waals surface area contributed by atoms with Gasteiger partial charge in [-0.1, -0.05) is 6.07 Å². The van der Waals surface area contributed by atoms with Gasteiger partial charge in [-0.2, -0.15) is 0 Å². The summed E-state index contributed by atoms with van der Waals surface area (Å²) < 4.78 is 4.88. The van der Waals surface area contributed by atoms with Crippen molar-refractivity contribution < 1.29 is 9.53 Å². The minimum Gasteiger partial charge on any atom is -0.491 e. The number of thiophene rings is 1. The molecule has 0 saturated carbocycles. The topological polar surface area (TPSA) is 74.4 Å². The maximum Gasteiger partial charge on any atom is 0.267 e. The average molecular weight is 321 g/mol. The normalized spacial score (nSPS) is 12.2. The van der Waals surface area contributed by atoms with Gasteiger partial charge in [0.15, 0.2) is 5.75 Å². The summed E-state index contributed by atoms with van der Waals surface area (Å²) in [5.74, 6) is -0.135. The number of carbonyl (C=O) groups is 1. The highest BCUT2D eigenvalue weighted by atomic mass is 32.1. The molecule has 0 aliphatic rings. The number of hydrogen-bond acceptors (Lipinski definition) is 5. The predicted molar refractivity (Wildman–Crippen MR) is 86.7 cm³/mol. The maximum absolute atomic E-state index is 12.2. The molecule has 7 heteroatoms. The van der Waals surface area contributed by atoms with Crippen LogP contribution in [0.3, 0.4) is 0 Å². The van der Waals surface area contributed by atoms with Gasteiger partial charge in [-0.3, -0.25) is 9.59 Å². The van der Waals surface area contributed by atoms with E-state index in [1.165, 1.54) is 24.3 Å². The second-order valence-electron chi connectivity index (χ2n) is 4.98. The Morgan fingerprint density at radius 3 is 2.82 bits per heavy atom. The molecule has 0 aliphatic heterocycles. The van der Waals surface area contributed by atoms with Crippen LogP contribution in [0, 0.1) is 0 Å². The first-order chi connectivity index (χ1) is 10.5. The van der Waals surface area contributed by atoms with Crippen molar-refractivity contribution >= 4 is 17.2 Å². The van der Waals surface area contributed by atoms with Gasteiger partial charge in [0.2, 0.25) is 5.43 Å². The zero-order chi connectivity index (χ0) is 16.1. The number of hydrogen-bond donors (Lipinski definition) is 2. The molecule has 2 aromatic rings. The summed E-state index contributed by atoms with van der Waals surface area (Å²) in [7, 11) is 5.34. The van der Waals surface area contributed by atoms with Gasteiger partial charge in [0.25, 0.3) is 5.91 Å². The number of methoxy groups -OCH3 is 1. The molecule has 2 N–H and O–H groups in total. The Labute approximate surface area is 132 Å². The molecule has 1 unspecified atom stereocenters. The highest BCUT2D eigenvalue weighted by Crippen LogP contribution is 2.22. The number of nitrogens with zero attached hydrogens (tertiary/aromatic N) is 1. The molecule has 22 heavy (non-hydrogen) atoms. The van der Waals surface area contributed by atoms with E-state index in [0.29, 0.717) is 6.54 Å². The molecule has 0 radical (unpaired) electrons. The molecule has 0 aliphatic carbocycles. The van der Waals surface area contributed by atoms with Gasteiger partial charge in [-0.25, -0.2) is 0 Å². The summed E-state index contributed by atoms with van der Waals surface area (Å²) in [5, 5.41) is 4.86.